The van der Waals surface area contributed by atoms with E-state index in [2.05, 4.69) is 0 Å². The standard InChI is InChI=1S/C9H10N2OS/c1-9(11)3-5-2-6(8(10)12)13-7(5)4-9/h2-4H,11H2,1H3,(H2,10,12). The summed E-state index contributed by atoms with van der Waals surface area (Å²) in [5, 5.41) is 1.02. The highest BCUT2D eigenvalue weighted by atomic mass is 32.1. The van der Waals surface area contributed by atoms with E-state index in [0.29, 0.717) is 4.88 Å². The SMILES string of the molecule is CC1(N)C=c2cc(C(N)=O)sc2=C1. The van der Waals surface area contributed by atoms with Gasteiger partial charge in [0.2, 0.25) is 0 Å². The number of hydrogen-bond donors (Lipinski definition) is 2. The van der Waals surface area contributed by atoms with E-state index in [1.807, 2.05) is 19.1 Å². The molecule has 1 unspecified atom stereocenters. The summed E-state index contributed by atoms with van der Waals surface area (Å²) in [4.78, 5) is 11.4. The second-order valence-electron chi connectivity index (χ2n) is 3.45. The zero-order valence-electron chi connectivity index (χ0n) is 7.20. The van der Waals surface area contributed by atoms with E-state index >= 15 is 0 Å². The second-order valence-corrected chi connectivity index (χ2v) is 4.53. The highest BCUT2D eigenvalue weighted by molar-refractivity contribution is 7.12. The summed E-state index contributed by atoms with van der Waals surface area (Å²) in [6.07, 6.45) is 3.88. The van der Waals surface area contributed by atoms with Crippen molar-refractivity contribution in [1.29, 1.82) is 0 Å². The minimum atomic E-state index is -0.378. The molecule has 0 saturated carbocycles. The molecule has 68 valence electrons. The average molecular weight is 194 g/mol. The number of thiophene rings is 1. The number of amides is 1. The minimum absolute atomic E-state index is 0.375. The number of nitrogens with two attached hydrogens (primary N) is 2. The molecular formula is C9H10N2OS. The highest BCUT2D eigenvalue weighted by Crippen LogP contribution is 2.09. The quantitative estimate of drug-likeness (QED) is 0.610. The van der Waals surface area contributed by atoms with Crippen LogP contribution in [-0.4, -0.2) is 11.4 Å². The van der Waals surface area contributed by atoms with Gasteiger partial charge in [0.25, 0.3) is 5.91 Å². The van der Waals surface area contributed by atoms with E-state index in [9.17, 15) is 4.79 Å². The molecule has 3 nitrogen and oxygen atoms in total. The molecule has 1 amide bonds. The van der Waals surface area contributed by atoms with Crippen LogP contribution in [0.15, 0.2) is 6.07 Å². The number of hydrogen-bond acceptors (Lipinski definition) is 3. The Balaban J connectivity index is 2.63. The lowest BCUT2D eigenvalue weighted by molar-refractivity contribution is 0.100. The molecular weight excluding hydrogens is 184 g/mol. The Morgan fingerprint density at radius 3 is 2.77 bits per heavy atom. The van der Waals surface area contributed by atoms with Gasteiger partial charge in [0, 0.05) is 4.53 Å². The lowest BCUT2D eigenvalue weighted by atomic mass is 10.1. The number of primary amides is 1. The van der Waals surface area contributed by atoms with Gasteiger partial charge < -0.3 is 11.5 Å². The Hall–Kier alpha value is -1.13. The van der Waals surface area contributed by atoms with Crippen LogP contribution in [0, 0.1) is 0 Å². The molecule has 0 bridgehead atoms. The topological polar surface area (TPSA) is 69.1 Å². The normalized spacial score (nSPS) is 24.8. The van der Waals surface area contributed by atoms with Gasteiger partial charge >= 0.3 is 0 Å². The fourth-order valence-electron chi connectivity index (χ4n) is 1.43. The number of fused-ring (bicyclic) bond motifs is 1. The molecule has 1 heterocycles. The van der Waals surface area contributed by atoms with Crippen LogP contribution in [0.4, 0.5) is 0 Å². The maximum absolute atomic E-state index is 10.8. The van der Waals surface area contributed by atoms with Crippen molar-refractivity contribution in [3.05, 3.63) is 20.7 Å². The molecule has 1 aromatic rings. The van der Waals surface area contributed by atoms with Gasteiger partial charge in [-0.05, 0) is 24.3 Å². The van der Waals surface area contributed by atoms with Gasteiger partial charge in [0.1, 0.15) is 0 Å². The Bertz CT molecular complexity index is 449. The first-order valence-corrected chi connectivity index (χ1v) is 4.74. The van der Waals surface area contributed by atoms with Crippen molar-refractivity contribution >= 4 is 29.4 Å². The van der Waals surface area contributed by atoms with Crippen molar-refractivity contribution < 1.29 is 4.79 Å². The first kappa shape index (κ1) is 8.47. The fourth-order valence-corrected chi connectivity index (χ4v) is 2.50. The van der Waals surface area contributed by atoms with E-state index in [1.54, 1.807) is 6.07 Å². The molecule has 0 fully saturated rings. The van der Waals surface area contributed by atoms with Crippen molar-refractivity contribution in [1.82, 2.24) is 0 Å². The molecule has 1 atom stereocenters. The molecule has 0 saturated heterocycles. The third-order valence-electron chi connectivity index (χ3n) is 1.94. The third-order valence-corrected chi connectivity index (χ3v) is 3.05. The molecule has 0 spiro atoms. The van der Waals surface area contributed by atoms with Gasteiger partial charge in [-0.1, -0.05) is 6.08 Å². The second kappa shape index (κ2) is 2.43. The largest absolute Gasteiger partial charge is 0.365 e. The maximum Gasteiger partial charge on any atom is 0.258 e. The zero-order chi connectivity index (χ0) is 9.64. The van der Waals surface area contributed by atoms with Gasteiger partial charge in [-0.2, -0.15) is 0 Å². The van der Waals surface area contributed by atoms with Crippen LogP contribution >= 0.6 is 11.3 Å². The molecule has 4 N–H and O–H groups in total. The van der Waals surface area contributed by atoms with Gasteiger partial charge in [0.05, 0.1) is 10.4 Å². The molecule has 1 aliphatic carbocycles. The van der Waals surface area contributed by atoms with Crippen LogP contribution in [-0.2, 0) is 0 Å². The number of carbonyl (C=O) groups excluding carboxylic acids is 1. The van der Waals surface area contributed by atoms with Crippen LogP contribution in [0.25, 0.3) is 12.2 Å². The summed E-state index contributed by atoms with van der Waals surface area (Å²) >= 11 is 1.39. The summed E-state index contributed by atoms with van der Waals surface area (Å²) in [7, 11) is 0. The van der Waals surface area contributed by atoms with Crippen LogP contribution in [0.5, 0.6) is 0 Å². The van der Waals surface area contributed by atoms with E-state index in [4.69, 9.17) is 11.5 Å². The summed E-state index contributed by atoms with van der Waals surface area (Å²) in [5.74, 6) is -0.375. The smallest absolute Gasteiger partial charge is 0.258 e. The predicted octanol–water partition coefficient (Wildman–Crippen LogP) is -0.861. The lowest BCUT2D eigenvalue weighted by Crippen LogP contribution is -2.28. The Labute approximate surface area is 79.4 Å². The summed E-state index contributed by atoms with van der Waals surface area (Å²) in [6, 6.07) is 1.79. The molecule has 4 heteroatoms. The van der Waals surface area contributed by atoms with Crippen LogP contribution in [0.3, 0.4) is 0 Å². The van der Waals surface area contributed by atoms with Crippen molar-refractivity contribution in [2.45, 2.75) is 12.5 Å². The van der Waals surface area contributed by atoms with Crippen molar-refractivity contribution in [2.75, 3.05) is 0 Å². The van der Waals surface area contributed by atoms with E-state index < -0.39 is 0 Å². The molecule has 1 aliphatic rings. The monoisotopic (exact) mass is 194 g/mol. The van der Waals surface area contributed by atoms with Gasteiger partial charge in [-0.25, -0.2) is 0 Å². The van der Waals surface area contributed by atoms with E-state index in [-0.39, 0.29) is 11.4 Å². The number of carbonyl (C=O) groups is 1. The fraction of sp³-hybridized carbons (Fsp3) is 0.222. The minimum Gasteiger partial charge on any atom is -0.365 e. The molecule has 0 aromatic carbocycles. The summed E-state index contributed by atoms with van der Waals surface area (Å²) in [5.41, 5.74) is 10.7. The zero-order valence-corrected chi connectivity index (χ0v) is 8.02. The lowest BCUT2D eigenvalue weighted by Gasteiger charge is -2.09. The molecule has 1 aromatic heterocycles. The highest BCUT2D eigenvalue weighted by Gasteiger charge is 2.17. The molecule has 0 aliphatic heterocycles. The summed E-state index contributed by atoms with van der Waals surface area (Å²) in [6.45, 7) is 1.92. The van der Waals surface area contributed by atoms with Crippen LogP contribution < -0.4 is 21.2 Å². The molecule has 0 radical (unpaired) electrons. The Morgan fingerprint density at radius 1 is 1.54 bits per heavy atom. The van der Waals surface area contributed by atoms with E-state index in [0.717, 1.165) is 9.75 Å². The number of rotatable bonds is 1. The van der Waals surface area contributed by atoms with Crippen molar-refractivity contribution in [2.24, 2.45) is 11.5 Å². The Kier molecular flexibility index (Phi) is 1.58. The Morgan fingerprint density at radius 2 is 2.23 bits per heavy atom. The van der Waals surface area contributed by atoms with Gasteiger partial charge in [-0.3, -0.25) is 4.79 Å². The maximum atomic E-state index is 10.8. The van der Waals surface area contributed by atoms with E-state index in [1.165, 1.54) is 11.3 Å². The molecule has 13 heavy (non-hydrogen) atoms. The molecule has 2 rings (SSSR count). The van der Waals surface area contributed by atoms with Crippen LogP contribution in [0.1, 0.15) is 16.6 Å². The first-order chi connectivity index (χ1) is 5.98. The predicted molar refractivity (Wildman–Crippen MR) is 53.6 cm³/mol. The van der Waals surface area contributed by atoms with Crippen LogP contribution in [0.2, 0.25) is 0 Å². The summed E-state index contributed by atoms with van der Waals surface area (Å²) < 4.78 is 1.04. The average Bonchev–Trinajstić information content (AvgIpc) is 2.39. The third kappa shape index (κ3) is 1.38. The first-order valence-electron chi connectivity index (χ1n) is 3.92. The van der Waals surface area contributed by atoms with Gasteiger partial charge in [-0.15, -0.1) is 11.3 Å². The van der Waals surface area contributed by atoms with Gasteiger partial charge in [0.15, 0.2) is 0 Å². The van der Waals surface area contributed by atoms with Crippen molar-refractivity contribution in [3.8, 4) is 0 Å². The van der Waals surface area contributed by atoms with Crippen molar-refractivity contribution in [3.63, 3.8) is 0 Å².